The summed E-state index contributed by atoms with van der Waals surface area (Å²) in [5.74, 6) is 2.66. The Morgan fingerprint density at radius 2 is 1.67 bits per heavy atom. The van der Waals surface area contributed by atoms with Gasteiger partial charge in [-0.15, -0.1) is 24.0 Å². The van der Waals surface area contributed by atoms with Crippen LogP contribution in [0.25, 0.3) is 0 Å². The highest BCUT2D eigenvalue weighted by atomic mass is 127. The minimum atomic E-state index is 0. The van der Waals surface area contributed by atoms with Gasteiger partial charge in [-0.3, -0.25) is 14.7 Å². The number of hydrogen-bond donors (Lipinski definition) is 1. The topological polar surface area (TPSA) is 51.2 Å². The second-order valence-electron chi connectivity index (χ2n) is 8.20. The van der Waals surface area contributed by atoms with E-state index in [1.807, 2.05) is 0 Å². The van der Waals surface area contributed by atoms with Crippen LogP contribution in [-0.2, 0) is 4.79 Å². The third-order valence-electron chi connectivity index (χ3n) is 6.23. The first kappa shape index (κ1) is 22.7. The smallest absolute Gasteiger partial charge is 0.225 e. The lowest BCUT2D eigenvalue weighted by Gasteiger charge is -2.38. The molecule has 0 bridgehead atoms. The molecule has 6 nitrogen and oxygen atoms in total. The zero-order valence-electron chi connectivity index (χ0n) is 17.2. The number of rotatable bonds is 5. The predicted molar refractivity (Wildman–Crippen MR) is 122 cm³/mol. The molecule has 2 saturated heterocycles. The second kappa shape index (κ2) is 11.4. The Labute approximate surface area is 182 Å². The van der Waals surface area contributed by atoms with Crippen LogP contribution in [0.15, 0.2) is 4.99 Å². The SMILES string of the molecule is CCNC(=NCCN1CCN(C(=O)C2CCC2)CC1)N1CCC(C)CC1.I. The number of piperazine rings is 1. The number of carbonyl (C=O) groups excluding carboxylic acids is 1. The van der Waals surface area contributed by atoms with Crippen LogP contribution in [0.1, 0.15) is 46.0 Å². The van der Waals surface area contributed by atoms with Gasteiger partial charge in [0.1, 0.15) is 0 Å². The number of carbonyl (C=O) groups is 1. The predicted octanol–water partition coefficient (Wildman–Crippen LogP) is 2.25. The number of halogens is 1. The lowest BCUT2D eigenvalue weighted by molar-refractivity contribution is -0.139. The summed E-state index contributed by atoms with van der Waals surface area (Å²) in [4.78, 5) is 24.2. The van der Waals surface area contributed by atoms with Crippen molar-refractivity contribution in [2.24, 2.45) is 16.8 Å². The van der Waals surface area contributed by atoms with Gasteiger partial charge in [0.15, 0.2) is 5.96 Å². The van der Waals surface area contributed by atoms with Crippen molar-refractivity contribution in [1.29, 1.82) is 0 Å². The molecule has 2 heterocycles. The first-order valence-corrected chi connectivity index (χ1v) is 10.7. The first-order chi connectivity index (χ1) is 12.7. The van der Waals surface area contributed by atoms with Crippen molar-refractivity contribution in [3.05, 3.63) is 0 Å². The molecule has 0 unspecified atom stereocenters. The molecular weight excluding hydrogens is 453 g/mol. The maximum atomic E-state index is 12.3. The van der Waals surface area contributed by atoms with E-state index in [2.05, 4.69) is 33.9 Å². The molecule has 3 aliphatic rings. The molecule has 1 aliphatic carbocycles. The molecule has 2 aliphatic heterocycles. The number of nitrogens with zero attached hydrogens (tertiary/aromatic N) is 4. The van der Waals surface area contributed by atoms with Gasteiger partial charge in [-0.1, -0.05) is 13.3 Å². The molecule has 27 heavy (non-hydrogen) atoms. The third kappa shape index (κ3) is 6.48. The molecule has 3 fully saturated rings. The van der Waals surface area contributed by atoms with Crippen LogP contribution >= 0.6 is 24.0 Å². The Kier molecular flexibility index (Phi) is 9.62. The Balaban J connectivity index is 0.00000261. The summed E-state index contributed by atoms with van der Waals surface area (Å²) in [5, 5.41) is 3.46. The van der Waals surface area contributed by atoms with Crippen LogP contribution in [0.5, 0.6) is 0 Å². The molecule has 0 radical (unpaired) electrons. The van der Waals surface area contributed by atoms with Crippen molar-refractivity contribution in [2.75, 3.05) is 58.9 Å². The summed E-state index contributed by atoms with van der Waals surface area (Å²) in [7, 11) is 0. The number of piperidine rings is 1. The van der Waals surface area contributed by atoms with Gasteiger partial charge in [-0.2, -0.15) is 0 Å². The highest BCUT2D eigenvalue weighted by Gasteiger charge is 2.31. The van der Waals surface area contributed by atoms with E-state index in [4.69, 9.17) is 4.99 Å². The zero-order valence-corrected chi connectivity index (χ0v) is 19.5. The molecule has 7 heteroatoms. The summed E-state index contributed by atoms with van der Waals surface area (Å²) in [5.41, 5.74) is 0. The Bertz CT molecular complexity index is 481. The van der Waals surface area contributed by atoms with E-state index in [9.17, 15) is 4.79 Å². The normalized spacial score (nSPS) is 23.0. The number of aliphatic imine (C=N–C) groups is 1. The van der Waals surface area contributed by atoms with E-state index in [0.717, 1.165) is 83.6 Å². The number of amides is 1. The van der Waals surface area contributed by atoms with Gasteiger partial charge < -0.3 is 15.1 Å². The molecule has 1 saturated carbocycles. The van der Waals surface area contributed by atoms with Crippen LogP contribution in [0, 0.1) is 11.8 Å². The van der Waals surface area contributed by atoms with Crippen LogP contribution in [0.2, 0.25) is 0 Å². The van der Waals surface area contributed by atoms with Crippen LogP contribution in [-0.4, -0.2) is 85.5 Å². The van der Waals surface area contributed by atoms with E-state index < -0.39 is 0 Å². The summed E-state index contributed by atoms with van der Waals surface area (Å²) >= 11 is 0. The van der Waals surface area contributed by atoms with Gasteiger partial charge in [0.05, 0.1) is 6.54 Å². The van der Waals surface area contributed by atoms with E-state index in [-0.39, 0.29) is 24.0 Å². The van der Waals surface area contributed by atoms with Crippen molar-refractivity contribution in [2.45, 2.75) is 46.0 Å². The van der Waals surface area contributed by atoms with Gasteiger partial charge in [0.2, 0.25) is 5.91 Å². The Hall–Kier alpha value is -0.570. The van der Waals surface area contributed by atoms with Gasteiger partial charge >= 0.3 is 0 Å². The van der Waals surface area contributed by atoms with Crippen LogP contribution in [0.3, 0.4) is 0 Å². The molecule has 1 N–H and O–H groups in total. The molecular formula is C20H38IN5O. The molecule has 0 spiro atoms. The minimum absolute atomic E-state index is 0. The number of hydrogen-bond acceptors (Lipinski definition) is 3. The summed E-state index contributed by atoms with van der Waals surface area (Å²) < 4.78 is 0. The van der Waals surface area contributed by atoms with Gasteiger partial charge in [0.25, 0.3) is 0 Å². The molecule has 3 rings (SSSR count). The fraction of sp³-hybridized carbons (Fsp3) is 0.900. The highest BCUT2D eigenvalue weighted by Crippen LogP contribution is 2.28. The van der Waals surface area contributed by atoms with Crippen molar-refractivity contribution < 1.29 is 4.79 Å². The average molecular weight is 491 g/mol. The number of nitrogens with one attached hydrogen (secondary N) is 1. The molecule has 0 atom stereocenters. The molecule has 0 aromatic carbocycles. The van der Waals surface area contributed by atoms with Gasteiger partial charge in [-0.25, -0.2) is 0 Å². The number of likely N-dealkylation sites (tertiary alicyclic amines) is 1. The maximum Gasteiger partial charge on any atom is 0.225 e. The maximum absolute atomic E-state index is 12.3. The van der Waals surface area contributed by atoms with E-state index in [1.54, 1.807) is 0 Å². The van der Waals surface area contributed by atoms with Gasteiger partial charge in [0, 0.05) is 58.3 Å². The van der Waals surface area contributed by atoms with Crippen LogP contribution in [0.4, 0.5) is 0 Å². The minimum Gasteiger partial charge on any atom is -0.357 e. The fourth-order valence-corrected chi connectivity index (χ4v) is 4.05. The summed E-state index contributed by atoms with van der Waals surface area (Å²) in [6.45, 7) is 13.2. The lowest BCUT2D eigenvalue weighted by Crippen LogP contribution is -2.51. The van der Waals surface area contributed by atoms with Crippen molar-refractivity contribution in [3.63, 3.8) is 0 Å². The van der Waals surface area contributed by atoms with E-state index in [0.29, 0.717) is 11.8 Å². The fourth-order valence-electron chi connectivity index (χ4n) is 4.05. The summed E-state index contributed by atoms with van der Waals surface area (Å²) in [6, 6.07) is 0. The molecule has 0 aromatic heterocycles. The summed E-state index contributed by atoms with van der Waals surface area (Å²) in [6.07, 6.45) is 5.98. The van der Waals surface area contributed by atoms with Crippen molar-refractivity contribution in [3.8, 4) is 0 Å². The zero-order chi connectivity index (χ0) is 18.4. The molecule has 1 amide bonds. The Morgan fingerprint density at radius 1 is 1.00 bits per heavy atom. The van der Waals surface area contributed by atoms with Gasteiger partial charge in [-0.05, 0) is 38.5 Å². The number of guanidine groups is 1. The lowest BCUT2D eigenvalue weighted by atomic mass is 9.84. The monoisotopic (exact) mass is 491 g/mol. The standard InChI is InChI=1S/C20H37N5O.HI/c1-3-21-20(25-10-7-17(2)8-11-25)22-9-12-23-13-15-24(16-14-23)19(26)18-5-4-6-18;/h17-18H,3-16H2,1-2H3,(H,21,22);1H. The van der Waals surface area contributed by atoms with Crippen molar-refractivity contribution >= 4 is 35.8 Å². The first-order valence-electron chi connectivity index (χ1n) is 10.7. The van der Waals surface area contributed by atoms with E-state index in [1.165, 1.54) is 19.3 Å². The Morgan fingerprint density at radius 3 is 2.22 bits per heavy atom. The molecule has 0 aromatic rings. The average Bonchev–Trinajstić information content (AvgIpc) is 2.61. The highest BCUT2D eigenvalue weighted by molar-refractivity contribution is 14.0. The van der Waals surface area contributed by atoms with E-state index >= 15 is 0 Å². The quantitative estimate of drug-likeness (QED) is 0.364. The molecule has 156 valence electrons. The largest absolute Gasteiger partial charge is 0.357 e. The van der Waals surface area contributed by atoms with Crippen LogP contribution < -0.4 is 5.32 Å². The second-order valence-corrected chi connectivity index (χ2v) is 8.20. The van der Waals surface area contributed by atoms with Crippen molar-refractivity contribution in [1.82, 2.24) is 20.0 Å². The third-order valence-corrected chi connectivity index (χ3v) is 6.23.